The number of hydrogen-bond acceptors (Lipinski definition) is 2. The average molecular weight is 312 g/mol. The molecule has 0 saturated heterocycles. The van der Waals surface area contributed by atoms with Crippen LogP contribution >= 0.6 is 11.6 Å². The third-order valence-electron chi connectivity index (χ3n) is 3.03. The predicted molar refractivity (Wildman–Crippen MR) is 75.5 cm³/mol. The SMILES string of the molecule is Nc1ccc(-n2c(C(F)(F)F)nc3ccccc32)c(Cl)c1. The number of aromatic nitrogens is 2. The Morgan fingerprint density at radius 2 is 1.81 bits per heavy atom. The minimum atomic E-state index is -4.59. The first-order valence-corrected chi connectivity index (χ1v) is 6.36. The first-order valence-electron chi connectivity index (χ1n) is 5.98. The predicted octanol–water partition coefficient (Wildman–Crippen LogP) is 4.28. The molecule has 0 amide bonds. The Morgan fingerprint density at radius 1 is 1.10 bits per heavy atom. The molecule has 0 bridgehead atoms. The summed E-state index contributed by atoms with van der Waals surface area (Å²) in [6.07, 6.45) is -4.59. The number of rotatable bonds is 1. The molecule has 1 aromatic heterocycles. The van der Waals surface area contributed by atoms with Crippen molar-refractivity contribution in [1.82, 2.24) is 9.55 Å². The summed E-state index contributed by atoms with van der Waals surface area (Å²) in [5.74, 6) is -1.02. The third kappa shape index (κ3) is 2.31. The first kappa shape index (κ1) is 13.8. The summed E-state index contributed by atoms with van der Waals surface area (Å²) < 4.78 is 40.7. The molecular formula is C14H9ClF3N3. The van der Waals surface area contributed by atoms with Gasteiger partial charge in [0.15, 0.2) is 0 Å². The van der Waals surface area contributed by atoms with Gasteiger partial charge in [0.2, 0.25) is 5.82 Å². The highest BCUT2D eigenvalue weighted by Gasteiger charge is 2.38. The van der Waals surface area contributed by atoms with E-state index in [-0.39, 0.29) is 16.2 Å². The van der Waals surface area contributed by atoms with Gasteiger partial charge in [-0.15, -0.1) is 0 Å². The monoisotopic (exact) mass is 311 g/mol. The number of alkyl halides is 3. The summed E-state index contributed by atoms with van der Waals surface area (Å²) in [5.41, 5.74) is 6.73. The van der Waals surface area contributed by atoms with E-state index in [9.17, 15) is 13.2 Å². The molecule has 0 saturated carbocycles. The van der Waals surface area contributed by atoms with Gasteiger partial charge in [0.05, 0.1) is 21.7 Å². The van der Waals surface area contributed by atoms with Gasteiger partial charge in [-0.05, 0) is 30.3 Å². The summed E-state index contributed by atoms with van der Waals surface area (Å²) in [6, 6.07) is 10.7. The minimum absolute atomic E-state index is 0.128. The second kappa shape index (κ2) is 4.66. The summed E-state index contributed by atoms with van der Waals surface area (Å²) in [4.78, 5) is 3.67. The van der Waals surface area contributed by atoms with Gasteiger partial charge in [0.25, 0.3) is 0 Å². The molecule has 0 atom stereocenters. The van der Waals surface area contributed by atoms with Crippen LogP contribution in [-0.2, 0) is 6.18 Å². The summed E-state index contributed by atoms with van der Waals surface area (Å²) >= 11 is 6.05. The maximum absolute atomic E-state index is 13.2. The van der Waals surface area contributed by atoms with E-state index in [1.54, 1.807) is 18.2 Å². The lowest BCUT2D eigenvalue weighted by Gasteiger charge is -2.13. The Bertz CT molecular complexity index is 824. The highest BCUT2D eigenvalue weighted by atomic mass is 35.5. The van der Waals surface area contributed by atoms with E-state index in [4.69, 9.17) is 17.3 Å². The Morgan fingerprint density at radius 3 is 2.48 bits per heavy atom. The molecule has 1 heterocycles. The van der Waals surface area contributed by atoms with E-state index >= 15 is 0 Å². The van der Waals surface area contributed by atoms with Gasteiger partial charge in [0.1, 0.15) is 0 Å². The second-order valence-electron chi connectivity index (χ2n) is 4.47. The lowest BCUT2D eigenvalue weighted by atomic mass is 10.2. The smallest absolute Gasteiger partial charge is 0.399 e. The Hall–Kier alpha value is -2.21. The molecule has 2 aromatic carbocycles. The molecule has 0 aliphatic rings. The molecule has 0 unspecified atom stereocenters. The van der Waals surface area contributed by atoms with Crippen LogP contribution in [-0.4, -0.2) is 9.55 Å². The summed E-state index contributed by atoms with van der Waals surface area (Å²) in [6.45, 7) is 0. The molecule has 21 heavy (non-hydrogen) atoms. The van der Waals surface area contributed by atoms with Crippen molar-refractivity contribution in [2.45, 2.75) is 6.18 Å². The average Bonchev–Trinajstić information content (AvgIpc) is 2.78. The van der Waals surface area contributed by atoms with Crippen LogP contribution in [0.25, 0.3) is 16.7 Å². The maximum Gasteiger partial charge on any atom is 0.450 e. The molecule has 3 rings (SSSR count). The number of halogens is 4. The van der Waals surface area contributed by atoms with Crippen LogP contribution in [0.3, 0.4) is 0 Å². The molecule has 2 N–H and O–H groups in total. The molecule has 0 aliphatic heterocycles. The minimum Gasteiger partial charge on any atom is -0.399 e. The van der Waals surface area contributed by atoms with Gasteiger partial charge >= 0.3 is 6.18 Å². The molecule has 0 spiro atoms. The van der Waals surface area contributed by atoms with E-state index in [0.29, 0.717) is 11.2 Å². The van der Waals surface area contributed by atoms with Gasteiger partial charge in [-0.3, -0.25) is 4.57 Å². The Balaban J connectivity index is 2.39. The van der Waals surface area contributed by atoms with E-state index in [2.05, 4.69) is 4.98 Å². The first-order chi connectivity index (χ1) is 9.88. The van der Waals surface area contributed by atoms with Crippen molar-refractivity contribution < 1.29 is 13.2 Å². The maximum atomic E-state index is 13.2. The van der Waals surface area contributed by atoms with Crippen molar-refractivity contribution >= 4 is 28.3 Å². The molecular weight excluding hydrogens is 303 g/mol. The van der Waals surface area contributed by atoms with Crippen LogP contribution in [0, 0.1) is 0 Å². The number of anilines is 1. The third-order valence-corrected chi connectivity index (χ3v) is 3.33. The van der Waals surface area contributed by atoms with Crippen molar-refractivity contribution in [1.29, 1.82) is 0 Å². The standard InChI is InChI=1S/C14H9ClF3N3/c15-9-7-8(19)5-6-11(9)21-12-4-2-1-3-10(12)20-13(21)14(16,17)18/h1-7H,19H2. The lowest BCUT2D eigenvalue weighted by Crippen LogP contribution is -2.14. The number of hydrogen-bond donors (Lipinski definition) is 1. The fourth-order valence-corrected chi connectivity index (χ4v) is 2.44. The van der Waals surface area contributed by atoms with Crippen LogP contribution in [0.1, 0.15) is 5.82 Å². The summed E-state index contributed by atoms with van der Waals surface area (Å²) in [7, 11) is 0. The number of imidazole rings is 1. The van der Waals surface area contributed by atoms with Crippen molar-refractivity contribution in [3.05, 3.63) is 53.3 Å². The zero-order chi connectivity index (χ0) is 15.2. The van der Waals surface area contributed by atoms with E-state index in [0.717, 1.165) is 4.57 Å². The zero-order valence-corrected chi connectivity index (χ0v) is 11.3. The van der Waals surface area contributed by atoms with Gasteiger partial charge in [-0.25, -0.2) is 4.98 Å². The molecule has 7 heteroatoms. The summed E-state index contributed by atoms with van der Waals surface area (Å²) in [5, 5.41) is 0.128. The zero-order valence-electron chi connectivity index (χ0n) is 10.5. The van der Waals surface area contributed by atoms with Crippen molar-refractivity contribution in [3.8, 4) is 5.69 Å². The van der Waals surface area contributed by atoms with Crippen LogP contribution in [0.15, 0.2) is 42.5 Å². The van der Waals surface area contributed by atoms with Gasteiger partial charge in [0, 0.05) is 5.69 Å². The van der Waals surface area contributed by atoms with Crippen LogP contribution in [0.2, 0.25) is 5.02 Å². The van der Waals surface area contributed by atoms with Gasteiger partial charge in [-0.1, -0.05) is 23.7 Å². The van der Waals surface area contributed by atoms with Crippen LogP contribution in [0.4, 0.5) is 18.9 Å². The molecule has 3 nitrogen and oxygen atoms in total. The largest absolute Gasteiger partial charge is 0.450 e. The molecule has 0 fully saturated rings. The Kier molecular flexibility index (Phi) is 3.06. The molecule has 3 aromatic rings. The van der Waals surface area contributed by atoms with Crippen molar-refractivity contribution in [2.75, 3.05) is 5.73 Å². The van der Waals surface area contributed by atoms with Crippen LogP contribution < -0.4 is 5.73 Å². The number of nitrogens with zero attached hydrogens (tertiary/aromatic N) is 2. The van der Waals surface area contributed by atoms with Crippen molar-refractivity contribution in [2.24, 2.45) is 0 Å². The number of nitrogen functional groups attached to an aromatic ring is 1. The lowest BCUT2D eigenvalue weighted by molar-refractivity contribution is -0.145. The van der Waals surface area contributed by atoms with Gasteiger partial charge < -0.3 is 5.73 Å². The normalized spacial score (nSPS) is 12.0. The van der Waals surface area contributed by atoms with Crippen molar-refractivity contribution in [3.63, 3.8) is 0 Å². The fourth-order valence-electron chi connectivity index (χ4n) is 2.16. The van der Waals surface area contributed by atoms with E-state index in [1.165, 1.54) is 24.3 Å². The number of para-hydroxylation sites is 2. The Labute approximate surface area is 122 Å². The molecule has 0 radical (unpaired) electrons. The highest BCUT2D eigenvalue weighted by molar-refractivity contribution is 6.32. The topological polar surface area (TPSA) is 43.8 Å². The number of fused-ring (bicyclic) bond motifs is 1. The number of benzene rings is 2. The number of nitrogens with two attached hydrogens (primary N) is 1. The highest BCUT2D eigenvalue weighted by Crippen LogP contribution is 2.36. The van der Waals surface area contributed by atoms with Crippen LogP contribution in [0.5, 0.6) is 0 Å². The fraction of sp³-hybridized carbons (Fsp3) is 0.0714. The van der Waals surface area contributed by atoms with E-state index in [1.807, 2.05) is 0 Å². The molecule has 0 aliphatic carbocycles. The molecule has 108 valence electrons. The quantitative estimate of drug-likeness (QED) is 0.682. The second-order valence-corrected chi connectivity index (χ2v) is 4.88. The van der Waals surface area contributed by atoms with E-state index < -0.39 is 12.0 Å². The van der Waals surface area contributed by atoms with Gasteiger partial charge in [-0.2, -0.15) is 13.2 Å².